The Hall–Kier alpha value is -2.69. The molecule has 4 aromatic rings. The zero-order valence-electron chi connectivity index (χ0n) is 14.7. The van der Waals surface area contributed by atoms with E-state index in [0.29, 0.717) is 10.4 Å². The Labute approximate surface area is 167 Å². The van der Waals surface area contributed by atoms with Crippen LogP contribution in [0.25, 0.3) is 0 Å². The molecule has 0 aliphatic rings. The van der Waals surface area contributed by atoms with Gasteiger partial charge in [0.15, 0.2) is 0 Å². The molecule has 1 aromatic heterocycles. The van der Waals surface area contributed by atoms with E-state index >= 15 is 0 Å². The molecule has 1 N–H and O–H groups in total. The molecule has 0 unspecified atom stereocenters. The fraction of sp³-hybridized carbons (Fsp3) is 0.0870. The highest BCUT2D eigenvalue weighted by Crippen LogP contribution is 2.42. The number of aliphatic hydroxyl groups excluding tert-OH is 1. The summed E-state index contributed by atoms with van der Waals surface area (Å²) in [6, 6.07) is 31.0. The number of aliphatic hydroxyl groups is 1. The minimum Gasteiger partial charge on any atom is -0.388 e. The largest absolute Gasteiger partial charge is 0.388 e. The van der Waals surface area contributed by atoms with Crippen molar-refractivity contribution >= 4 is 15.9 Å². The average molecular weight is 419 g/mol. The molecule has 0 radical (unpaired) electrons. The van der Waals surface area contributed by atoms with Gasteiger partial charge in [0.1, 0.15) is 22.6 Å². The number of hydrogen-bond donors (Lipinski definition) is 1. The normalized spacial score (nSPS) is 11.5. The van der Waals surface area contributed by atoms with Crippen LogP contribution in [0.5, 0.6) is 0 Å². The van der Waals surface area contributed by atoms with E-state index in [1.165, 1.54) is 0 Å². The zero-order valence-corrected chi connectivity index (χ0v) is 16.3. The fourth-order valence-electron chi connectivity index (χ4n) is 3.74. The summed E-state index contributed by atoms with van der Waals surface area (Å²) in [6.07, 6.45) is 1.94. The van der Waals surface area contributed by atoms with E-state index in [2.05, 4.69) is 61.9 Å². The van der Waals surface area contributed by atoms with Gasteiger partial charge in [-0.1, -0.05) is 91.0 Å². The minimum atomic E-state index is -0.652. The Morgan fingerprint density at radius 3 is 1.52 bits per heavy atom. The predicted molar refractivity (Wildman–Crippen MR) is 110 cm³/mol. The number of hydrogen-bond acceptors (Lipinski definition) is 2. The van der Waals surface area contributed by atoms with Gasteiger partial charge in [0.2, 0.25) is 0 Å². The quantitative estimate of drug-likeness (QED) is 0.464. The highest BCUT2D eigenvalue weighted by molar-refractivity contribution is 9.10. The van der Waals surface area contributed by atoms with Gasteiger partial charge in [-0.25, -0.2) is 4.98 Å². The molecule has 0 atom stereocenters. The molecule has 0 fully saturated rings. The molecule has 4 heteroatoms. The molecule has 0 bridgehead atoms. The summed E-state index contributed by atoms with van der Waals surface area (Å²) in [4.78, 5) is 4.50. The lowest BCUT2D eigenvalue weighted by molar-refractivity contribution is 0.259. The molecule has 0 aliphatic carbocycles. The Balaban J connectivity index is 2.16. The highest BCUT2D eigenvalue weighted by atomic mass is 79.9. The van der Waals surface area contributed by atoms with Crippen LogP contribution >= 0.6 is 15.9 Å². The van der Waals surface area contributed by atoms with Gasteiger partial charge in [0.05, 0.1) is 0 Å². The molecule has 0 aliphatic heterocycles. The van der Waals surface area contributed by atoms with Crippen molar-refractivity contribution in [1.29, 1.82) is 0 Å². The van der Waals surface area contributed by atoms with E-state index in [0.717, 1.165) is 16.7 Å². The smallest absolute Gasteiger partial charge is 0.137 e. The van der Waals surface area contributed by atoms with Crippen LogP contribution in [-0.2, 0) is 12.1 Å². The van der Waals surface area contributed by atoms with E-state index in [1.807, 2.05) is 60.8 Å². The van der Waals surface area contributed by atoms with Crippen LogP contribution in [0.15, 0.2) is 102 Å². The summed E-state index contributed by atoms with van der Waals surface area (Å²) in [6.45, 7) is -0.153. The van der Waals surface area contributed by atoms with Gasteiger partial charge in [0, 0.05) is 6.20 Å². The third kappa shape index (κ3) is 3.01. The monoisotopic (exact) mass is 418 g/mol. The molecule has 1 heterocycles. The SMILES string of the molecule is OCc1nc(Br)cn1C(c1ccccc1)(c1ccccc1)c1ccccc1. The number of aromatic nitrogens is 2. The van der Waals surface area contributed by atoms with Gasteiger partial charge in [-0.3, -0.25) is 0 Å². The minimum absolute atomic E-state index is 0.153. The lowest BCUT2D eigenvalue weighted by atomic mass is 9.76. The van der Waals surface area contributed by atoms with Crippen molar-refractivity contribution in [1.82, 2.24) is 9.55 Å². The molecule has 4 rings (SSSR count). The van der Waals surface area contributed by atoms with Crippen molar-refractivity contribution in [2.75, 3.05) is 0 Å². The molecule has 3 aromatic carbocycles. The van der Waals surface area contributed by atoms with E-state index in [4.69, 9.17) is 0 Å². The van der Waals surface area contributed by atoms with Crippen molar-refractivity contribution in [2.24, 2.45) is 0 Å². The number of halogens is 1. The third-order valence-corrected chi connectivity index (χ3v) is 5.21. The van der Waals surface area contributed by atoms with Crippen LogP contribution in [0.4, 0.5) is 0 Å². The van der Waals surface area contributed by atoms with Crippen molar-refractivity contribution in [3.63, 3.8) is 0 Å². The van der Waals surface area contributed by atoms with Gasteiger partial charge < -0.3 is 9.67 Å². The molecule has 0 saturated carbocycles. The van der Waals surface area contributed by atoms with Crippen molar-refractivity contribution < 1.29 is 5.11 Å². The predicted octanol–water partition coefficient (Wildman–Crippen LogP) is 4.98. The third-order valence-electron chi connectivity index (χ3n) is 4.83. The Kier molecular flexibility index (Phi) is 4.92. The molecular formula is C23H19BrN2O. The molecule has 0 saturated heterocycles. The van der Waals surface area contributed by atoms with Gasteiger partial charge in [-0.15, -0.1) is 0 Å². The lowest BCUT2D eigenvalue weighted by Gasteiger charge is -2.38. The lowest BCUT2D eigenvalue weighted by Crippen LogP contribution is -2.38. The first-order valence-corrected chi connectivity index (χ1v) is 9.58. The topological polar surface area (TPSA) is 38.1 Å². The number of benzene rings is 3. The van der Waals surface area contributed by atoms with Crippen molar-refractivity contribution in [2.45, 2.75) is 12.1 Å². The van der Waals surface area contributed by atoms with Crippen LogP contribution in [0, 0.1) is 0 Å². The molecule has 0 amide bonds. The standard InChI is InChI=1S/C23H19BrN2O/c24-21-16-26(22(17-27)25-21)23(18-10-4-1-5-11-18,19-12-6-2-7-13-19)20-14-8-3-9-15-20/h1-16,27H,17H2. The second-order valence-electron chi connectivity index (χ2n) is 6.32. The fourth-order valence-corrected chi connectivity index (χ4v) is 4.15. The summed E-state index contributed by atoms with van der Waals surface area (Å²) in [7, 11) is 0. The van der Waals surface area contributed by atoms with E-state index < -0.39 is 5.54 Å². The first-order valence-electron chi connectivity index (χ1n) is 8.78. The van der Waals surface area contributed by atoms with Crippen molar-refractivity contribution in [3.8, 4) is 0 Å². The second-order valence-corrected chi connectivity index (χ2v) is 7.13. The Morgan fingerprint density at radius 2 is 1.15 bits per heavy atom. The zero-order chi connectivity index (χ0) is 18.7. The van der Waals surface area contributed by atoms with Gasteiger partial charge in [-0.05, 0) is 32.6 Å². The average Bonchev–Trinajstić information content (AvgIpc) is 3.12. The van der Waals surface area contributed by atoms with Crippen LogP contribution in [0.2, 0.25) is 0 Å². The summed E-state index contributed by atoms with van der Waals surface area (Å²) < 4.78 is 2.76. The summed E-state index contributed by atoms with van der Waals surface area (Å²) in [5.41, 5.74) is 2.65. The summed E-state index contributed by atoms with van der Waals surface area (Å²) in [5.74, 6) is 0.596. The number of imidazole rings is 1. The van der Waals surface area contributed by atoms with E-state index in [9.17, 15) is 5.11 Å². The summed E-state index contributed by atoms with van der Waals surface area (Å²) >= 11 is 3.49. The van der Waals surface area contributed by atoms with Crippen LogP contribution in [0.1, 0.15) is 22.5 Å². The Bertz CT molecular complexity index is 918. The van der Waals surface area contributed by atoms with Crippen LogP contribution in [0.3, 0.4) is 0 Å². The number of rotatable bonds is 5. The van der Waals surface area contributed by atoms with Crippen molar-refractivity contribution in [3.05, 3.63) is 124 Å². The first-order chi connectivity index (χ1) is 13.3. The van der Waals surface area contributed by atoms with E-state index in [-0.39, 0.29) is 6.61 Å². The Morgan fingerprint density at radius 1 is 0.741 bits per heavy atom. The first kappa shape index (κ1) is 17.7. The maximum atomic E-state index is 10.0. The molecular weight excluding hydrogens is 400 g/mol. The number of nitrogens with zero attached hydrogens (tertiary/aromatic N) is 2. The second kappa shape index (κ2) is 7.51. The maximum absolute atomic E-state index is 10.0. The highest BCUT2D eigenvalue weighted by Gasteiger charge is 2.39. The molecule has 134 valence electrons. The summed E-state index contributed by atoms with van der Waals surface area (Å²) in [5, 5.41) is 10.0. The van der Waals surface area contributed by atoms with Gasteiger partial charge >= 0.3 is 0 Å². The molecule has 0 spiro atoms. The van der Waals surface area contributed by atoms with Gasteiger partial charge in [0.25, 0.3) is 0 Å². The maximum Gasteiger partial charge on any atom is 0.137 e. The van der Waals surface area contributed by atoms with Crippen LogP contribution in [-0.4, -0.2) is 14.7 Å². The van der Waals surface area contributed by atoms with Gasteiger partial charge in [-0.2, -0.15) is 0 Å². The van der Waals surface area contributed by atoms with Crippen LogP contribution < -0.4 is 0 Å². The van der Waals surface area contributed by atoms with E-state index in [1.54, 1.807) is 0 Å². The molecule has 3 nitrogen and oxygen atoms in total. The molecule has 27 heavy (non-hydrogen) atoms.